The van der Waals surface area contributed by atoms with Crippen LogP contribution in [0, 0.1) is 0 Å². The first-order valence-corrected chi connectivity index (χ1v) is 7.11. The molecule has 0 aromatic carbocycles. The number of nitrogens with zero attached hydrogens (tertiary/aromatic N) is 1. The van der Waals surface area contributed by atoms with Crippen molar-refractivity contribution < 1.29 is 22.7 Å². The largest absolute Gasteiger partial charge is 0.481 e. The molecule has 0 bridgehead atoms. The van der Waals surface area contributed by atoms with E-state index >= 15 is 0 Å². The number of halogens is 1. The first-order valence-electron chi connectivity index (χ1n) is 4.71. The second-order valence-electron chi connectivity index (χ2n) is 3.42. The molecule has 0 saturated carbocycles. The average molecular weight is 326 g/mol. The average Bonchev–Trinajstić information content (AvgIpc) is 2.61. The molecule has 8 heteroatoms. The maximum atomic E-state index is 11.7. The van der Waals surface area contributed by atoms with Gasteiger partial charge in [0.25, 0.3) is 0 Å². The molecule has 0 aliphatic carbocycles. The van der Waals surface area contributed by atoms with Crippen LogP contribution in [-0.4, -0.2) is 36.6 Å². The molecule has 1 aromatic rings. The highest BCUT2D eigenvalue weighted by Crippen LogP contribution is 2.16. The van der Waals surface area contributed by atoms with Crippen molar-refractivity contribution in [3.8, 4) is 0 Å². The highest BCUT2D eigenvalue weighted by Gasteiger charge is 2.20. The smallest absolute Gasteiger partial charge is 0.304 e. The molecular formula is C9H12BrNO5S. The minimum Gasteiger partial charge on any atom is -0.481 e. The summed E-state index contributed by atoms with van der Waals surface area (Å²) in [5, 5.41) is 8.44. The molecule has 96 valence electrons. The van der Waals surface area contributed by atoms with E-state index in [2.05, 4.69) is 15.9 Å². The van der Waals surface area contributed by atoms with E-state index in [0.717, 1.165) is 4.31 Å². The maximum absolute atomic E-state index is 11.7. The van der Waals surface area contributed by atoms with Gasteiger partial charge in [-0.2, -0.15) is 4.31 Å². The molecule has 0 unspecified atom stereocenters. The highest BCUT2D eigenvalue weighted by atomic mass is 79.9. The maximum Gasteiger partial charge on any atom is 0.304 e. The van der Waals surface area contributed by atoms with Gasteiger partial charge in [-0.3, -0.25) is 4.79 Å². The van der Waals surface area contributed by atoms with E-state index in [1.165, 1.54) is 7.05 Å². The lowest BCUT2D eigenvalue weighted by Gasteiger charge is -2.14. The Kier molecular flexibility index (Phi) is 4.72. The number of sulfonamides is 1. The van der Waals surface area contributed by atoms with Crippen molar-refractivity contribution in [2.24, 2.45) is 0 Å². The molecule has 0 aliphatic rings. The summed E-state index contributed by atoms with van der Waals surface area (Å²) in [5.74, 6) is -1.07. The third-order valence-electron chi connectivity index (χ3n) is 2.06. The van der Waals surface area contributed by atoms with Gasteiger partial charge in [0, 0.05) is 7.05 Å². The van der Waals surface area contributed by atoms with Crippen LogP contribution in [0.5, 0.6) is 0 Å². The molecule has 0 amide bonds. The van der Waals surface area contributed by atoms with Crippen LogP contribution in [0.15, 0.2) is 21.2 Å². The predicted octanol–water partition coefficient (Wildman–Crippen LogP) is 1.28. The topological polar surface area (TPSA) is 87.8 Å². The summed E-state index contributed by atoms with van der Waals surface area (Å²) in [6.07, 6.45) is -0.408. The first kappa shape index (κ1) is 14.2. The number of furan rings is 1. The van der Waals surface area contributed by atoms with Gasteiger partial charge in [-0.15, -0.1) is 0 Å². The van der Waals surface area contributed by atoms with E-state index in [0.29, 0.717) is 10.4 Å². The zero-order valence-corrected chi connectivity index (χ0v) is 11.5. The molecule has 1 heterocycles. The lowest BCUT2D eigenvalue weighted by Crippen LogP contribution is -2.29. The molecular weight excluding hydrogens is 314 g/mol. The lowest BCUT2D eigenvalue weighted by atomic mass is 10.4. The Balaban J connectivity index is 2.62. The monoisotopic (exact) mass is 325 g/mol. The van der Waals surface area contributed by atoms with Crippen LogP contribution in [0.3, 0.4) is 0 Å². The highest BCUT2D eigenvalue weighted by molar-refractivity contribution is 9.10. The zero-order valence-electron chi connectivity index (χ0n) is 9.09. The Morgan fingerprint density at radius 3 is 2.65 bits per heavy atom. The minimum atomic E-state index is -3.57. The minimum absolute atomic E-state index is 0.0769. The molecule has 0 aliphatic heterocycles. The molecule has 17 heavy (non-hydrogen) atoms. The second kappa shape index (κ2) is 5.65. The van der Waals surface area contributed by atoms with Gasteiger partial charge in [0.1, 0.15) is 5.76 Å². The van der Waals surface area contributed by atoms with Crippen LogP contribution in [0.25, 0.3) is 0 Å². The van der Waals surface area contributed by atoms with Crippen LogP contribution < -0.4 is 0 Å². The Bertz CT molecular complexity index is 495. The van der Waals surface area contributed by atoms with E-state index in [9.17, 15) is 13.2 Å². The number of hydrogen-bond acceptors (Lipinski definition) is 4. The van der Waals surface area contributed by atoms with E-state index in [4.69, 9.17) is 9.52 Å². The summed E-state index contributed by atoms with van der Waals surface area (Å²) in [6.45, 7) is 0.0769. The molecule has 1 N–H and O–H groups in total. The van der Waals surface area contributed by atoms with Crippen molar-refractivity contribution in [1.29, 1.82) is 0 Å². The number of carboxylic acid groups (broad SMARTS) is 1. The van der Waals surface area contributed by atoms with Gasteiger partial charge in [0.2, 0.25) is 10.0 Å². The van der Waals surface area contributed by atoms with Gasteiger partial charge in [-0.05, 0) is 28.1 Å². The van der Waals surface area contributed by atoms with E-state index in [-0.39, 0.29) is 6.54 Å². The number of rotatable bonds is 6. The predicted molar refractivity (Wildman–Crippen MR) is 63.9 cm³/mol. The van der Waals surface area contributed by atoms with Crippen LogP contribution in [0.2, 0.25) is 0 Å². The third kappa shape index (κ3) is 4.49. The molecule has 1 rings (SSSR count). The Morgan fingerprint density at radius 1 is 1.53 bits per heavy atom. The molecule has 0 saturated heterocycles. The summed E-state index contributed by atoms with van der Waals surface area (Å²) >= 11 is 3.11. The molecule has 0 atom stereocenters. The third-order valence-corrected chi connectivity index (χ3v) is 4.28. The summed E-state index contributed by atoms with van der Waals surface area (Å²) in [7, 11) is -2.18. The van der Waals surface area contributed by atoms with Gasteiger partial charge in [-0.25, -0.2) is 8.42 Å². The van der Waals surface area contributed by atoms with Crippen molar-refractivity contribution in [2.75, 3.05) is 12.8 Å². The summed E-state index contributed by atoms with van der Waals surface area (Å²) in [5.41, 5.74) is 0. The second-order valence-corrected chi connectivity index (χ2v) is 6.40. The fourth-order valence-corrected chi connectivity index (χ4v) is 2.53. The lowest BCUT2D eigenvalue weighted by molar-refractivity contribution is -0.136. The number of aliphatic carboxylic acids is 1. The standard InChI is InChI=1S/C9H12BrNO5S/c1-11(6-7-2-3-8(10)16-7)17(14,15)5-4-9(12)13/h2-3H,4-6H2,1H3,(H,12,13). The zero-order chi connectivity index (χ0) is 13.1. The Hall–Kier alpha value is -0.860. The van der Waals surface area contributed by atoms with Crippen molar-refractivity contribution >= 4 is 31.9 Å². The van der Waals surface area contributed by atoms with E-state index in [1.54, 1.807) is 12.1 Å². The SMILES string of the molecule is CN(Cc1ccc(Br)o1)S(=O)(=O)CCC(=O)O. The van der Waals surface area contributed by atoms with Crippen LogP contribution >= 0.6 is 15.9 Å². The summed E-state index contributed by atoms with van der Waals surface area (Å²) in [6, 6.07) is 3.31. The molecule has 0 spiro atoms. The number of hydrogen-bond donors (Lipinski definition) is 1. The molecule has 0 radical (unpaired) electrons. The summed E-state index contributed by atoms with van der Waals surface area (Å²) < 4.78 is 30.1. The van der Waals surface area contributed by atoms with Gasteiger partial charge < -0.3 is 9.52 Å². The van der Waals surface area contributed by atoms with Crippen LogP contribution in [0.1, 0.15) is 12.2 Å². The first-order chi connectivity index (χ1) is 7.81. The van der Waals surface area contributed by atoms with E-state index < -0.39 is 28.2 Å². The molecule has 0 fully saturated rings. The normalized spacial score (nSPS) is 11.9. The van der Waals surface area contributed by atoms with Crippen molar-refractivity contribution in [3.63, 3.8) is 0 Å². The molecule has 6 nitrogen and oxygen atoms in total. The van der Waals surface area contributed by atoms with Gasteiger partial charge >= 0.3 is 5.97 Å². The van der Waals surface area contributed by atoms with Crippen molar-refractivity contribution in [3.05, 3.63) is 22.6 Å². The van der Waals surface area contributed by atoms with Gasteiger partial charge in [-0.1, -0.05) is 0 Å². The van der Waals surface area contributed by atoms with Gasteiger partial charge in [0.15, 0.2) is 4.67 Å². The fourth-order valence-electron chi connectivity index (χ4n) is 1.13. The van der Waals surface area contributed by atoms with Crippen LogP contribution in [-0.2, 0) is 21.4 Å². The fraction of sp³-hybridized carbons (Fsp3) is 0.444. The number of carboxylic acids is 1. The van der Waals surface area contributed by atoms with Crippen molar-refractivity contribution in [1.82, 2.24) is 4.31 Å². The van der Waals surface area contributed by atoms with Crippen molar-refractivity contribution in [2.45, 2.75) is 13.0 Å². The Morgan fingerprint density at radius 2 is 2.18 bits per heavy atom. The molecule has 1 aromatic heterocycles. The Labute approximate surface area is 107 Å². The quantitative estimate of drug-likeness (QED) is 0.851. The van der Waals surface area contributed by atoms with E-state index in [1.807, 2.05) is 0 Å². The summed E-state index contributed by atoms with van der Waals surface area (Å²) in [4.78, 5) is 10.3. The van der Waals surface area contributed by atoms with Crippen LogP contribution in [0.4, 0.5) is 0 Å². The van der Waals surface area contributed by atoms with Gasteiger partial charge in [0.05, 0.1) is 18.7 Å². The number of carbonyl (C=O) groups is 1.